The van der Waals surface area contributed by atoms with Gasteiger partial charge < -0.3 is 10.2 Å². The van der Waals surface area contributed by atoms with Gasteiger partial charge in [-0.15, -0.1) is 0 Å². The highest BCUT2D eigenvalue weighted by Crippen LogP contribution is 2.23. The van der Waals surface area contributed by atoms with Crippen LogP contribution in [0.2, 0.25) is 0 Å². The van der Waals surface area contributed by atoms with E-state index >= 15 is 0 Å². The van der Waals surface area contributed by atoms with E-state index in [2.05, 4.69) is 25.8 Å². The number of nitrogens with two attached hydrogens (primary N) is 1. The summed E-state index contributed by atoms with van der Waals surface area (Å²) in [5.41, 5.74) is 7.40. The quantitative estimate of drug-likeness (QED) is 0.909. The van der Waals surface area contributed by atoms with Crippen LogP contribution in [0.25, 0.3) is 11.1 Å². The molecule has 0 saturated heterocycles. The molecule has 3 nitrogen and oxygen atoms in total. The molecule has 1 aromatic heterocycles. The van der Waals surface area contributed by atoms with Crippen molar-refractivity contribution in [2.45, 2.75) is 39.7 Å². The van der Waals surface area contributed by atoms with Gasteiger partial charge in [0.05, 0.1) is 0 Å². The second-order valence-corrected chi connectivity index (χ2v) is 5.95. The van der Waals surface area contributed by atoms with Crippen molar-refractivity contribution in [3.05, 3.63) is 29.9 Å². The minimum atomic E-state index is -0.316. The predicted molar refractivity (Wildman–Crippen MR) is 69.7 cm³/mol. The Hall–Kier alpha value is -1.42. The first-order valence-electron chi connectivity index (χ1n) is 6.14. The van der Waals surface area contributed by atoms with Gasteiger partial charge in [0.1, 0.15) is 11.3 Å². The molecule has 2 rings (SSSR count). The number of nitrogens with zero attached hydrogens (tertiary/aromatic N) is 1. The molecule has 1 unspecified atom stereocenters. The average molecular weight is 250 g/mol. The molecule has 0 spiro atoms. The van der Waals surface area contributed by atoms with Gasteiger partial charge in [-0.25, -0.2) is 9.37 Å². The maximum atomic E-state index is 13.0. The van der Waals surface area contributed by atoms with Crippen LogP contribution in [0.4, 0.5) is 4.39 Å². The fourth-order valence-electron chi connectivity index (χ4n) is 2.12. The highest BCUT2D eigenvalue weighted by Gasteiger charge is 2.18. The number of oxazole rings is 1. The predicted octanol–water partition coefficient (Wildman–Crippen LogP) is 3.27. The van der Waals surface area contributed by atoms with Crippen molar-refractivity contribution >= 4 is 11.1 Å². The van der Waals surface area contributed by atoms with E-state index in [4.69, 9.17) is 10.2 Å². The first-order valence-corrected chi connectivity index (χ1v) is 6.14. The van der Waals surface area contributed by atoms with Crippen molar-refractivity contribution in [1.82, 2.24) is 4.98 Å². The van der Waals surface area contributed by atoms with Crippen LogP contribution in [0.5, 0.6) is 0 Å². The lowest BCUT2D eigenvalue weighted by Crippen LogP contribution is -2.28. The van der Waals surface area contributed by atoms with Gasteiger partial charge in [0.2, 0.25) is 0 Å². The van der Waals surface area contributed by atoms with Gasteiger partial charge in [0.25, 0.3) is 0 Å². The Balaban J connectivity index is 2.12. The molecule has 0 aliphatic rings. The molecule has 2 N–H and O–H groups in total. The summed E-state index contributed by atoms with van der Waals surface area (Å²) in [6, 6.07) is 4.35. The lowest BCUT2D eigenvalue weighted by molar-refractivity contribution is 0.329. The zero-order valence-corrected chi connectivity index (χ0v) is 11.0. The highest BCUT2D eigenvalue weighted by atomic mass is 19.1. The number of rotatable bonds is 3. The Morgan fingerprint density at radius 3 is 2.78 bits per heavy atom. The molecule has 1 aromatic carbocycles. The van der Waals surface area contributed by atoms with Crippen molar-refractivity contribution < 1.29 is 8.81 Å². The third kappa shape index (κ3) is 3.29. The van der Waals surface area contributed by atoms with Crippen LogP contribution in [0.3, 0.4) is 0 Å². The Morgan fingerprint density at radius 1 is 1.39 bits per heavy atom. The average Bonchev–Trinajstić information content (AvgIpc) is 2.55. The van der Waals surface area contributed by atoms with E-state index in [0.717, 1.165) is 6.42 Å². The Kier molecular flexibility index (Phi) is 3.39. The van der Waals surface area contributed by atoms with Crippen LogP contribution >= 0.6 is 0 Å². The Bertz CT molecular complexity index is 542. The molecule has 1 atom stereocenters. The SMILES string of the molecule is CC(C)(C)CC(N)Cc1nc2ccc(F)cc2o1. The molecule has 0 bridgehead atoms. The van der Waals surface area contributed by atoms with Crippen molar-refractivity contribution in [2.24, 2.45) is 11.1 Å². The van der Waals surface area contributed by atoms with Gasteiger partial charge in [-0.2, -0.15) is 0 Å². The summed E-state index contributed by atoms with van der Waals surface area (Å²) in [4.78, 5) is 4.31. The smallest absolute Gasteiger partial charge is 0.197 e. The molecule has 0 aliphatic carbocycles. The molecule has 98 valence electrons. The molecule has 0 radical (unpaired) electrons. The maximum Gasteiger partial charge on any atom is 0.197 e. The molecule has 2 aromatic rings. The normalized spacial score (nSPS) is 14.1. The maximum absolute atomic E-state index is 13.0. The summed E-state index contributed by atoms with van der Waals surface area (Å²) in [7, 11) is 0. The number of hydrogen-bond acceptors (Lipinski definition) is 3. The van der Waals surface area contributed by atoms with E-state index in [-0.39, 0.29) is 17.3 Å². The highest BCUT2D eigenvalue weighted by molar-refractivity contribution is 5.72. The number of halogens is 1. The summed E-state index contributed by atoms with van der Waals surface area (Å²) in [5, 5.41) is 0. The van der Waals surface area contributed by atoms with Gasteiger partial charge in [-0.3, -0.25) is 0 Å². The van der Waals surface area contributed by atoms with Crippen LogP contribution < -0.4 is 5.73 Å². The fraction of sp³-hybridized carbons (Fsp3) is 0.500. The molecular weight excluding hydrogens is 231 g/mol. The molecule has 18 heavy (non-hydrogen) atoms. The van der Waals surface area contributed by atoms with Gasteiger partial charge in [-0.05, 0) is 24.0 Å². The molecule has 0 saturated carbocycles. The van der Waals surface area contributed by atoms with Gasteiger partial charge in [0, 0.05) is 18.5 Å². The second-order valence-electron chi connectivity index (χ2n) is 5.95. The molecule has 0 amide bonds. The molecule has 4 heteroatoms. The van der Waals surface area contributed by atoms with Crippen molar-refractivity contribution in [1.29, 1.82) is 0 Å². The first-order chi connectivity index (χ1) is 8.33. The van der Waals surface area contributed by atoms with Crippen LogP contribution in [-0.2, 0) is 6.42 Å². The van der Waals surface area contributed by atoms with Gasteiger partial charge >= 0.3 is 0 Å². The number of hydrogen-bond donors (Lipinski definition) is 1. The molecule has 1 heterocycles. The number of fused-ring (bicyclic) bond motifs is 1. The summed E-state index contributed by atoms with van der Waals surface area (Å²) in [6.07, 6.45) is 1.47. The number of aromatic nitrogens is 1. The lowest BCUT2D eigenvalue weighted by Gasteiger charge is -2.22. The van der Waals surface area contributed by atoms with Crippen LogP contribution in [-0.4, -0.2) is 11.0 Å². The van der Waals surface area contributed by atoms with Crippen LogP contribution in [0.15, 0.2) is 22.6 Å². The van der Waals surface area contributed by atoms with E-state index in [1.807, 2.05) is 0 Å². The van der Waals surface area contributed by atoms with E-state index in [0.29, 0.717) is 23.4 Å². The number of benzene rings is 1. The van der Waals surface area contributed by atoms with Crippen LogP contribution in [0.1, 0.15) is 33.1 Å². The summed E-state index contributed by atoms with van der Waals surface area (Å²) in [5.74, 6) is 0.261. The minimum absolute atomic E-state index is 0.00269. The monoisotopic (exact) mass is 250 g/mol. The second kappa shape index (κ2) is 4.69. The molecular formula is C14H19FN2O. The Morgan fingerprint density at radius 2 is 2.11 bits per heavy atom. The fourth-order valence-corrected chi connectivity index (χ4v) is 2.12. The van der Waals surface area contributed by atoms with Crippen LogP contribution in [0, 0.1) is 11.2 Å². The summed E-state index contributed by atoms with van der Waals surface area (Å²) >= 11 is 0. The van der Waals surface area contributed by atoms with Crippen molar-refractivity contribution in [3.63, 3.8) is 0 Å². The van der Waals surface area contributed by atoms with E-state index in [1.54, 1.807) is 6.07 Å². The van der Waals surface area contributed by atoms with E-state index in [9.17, 15) is 4.39 Å². The van der Waals surface area contributed by atoms with Gasteiger partial charge in [-0.1, -0.05) is 20.8 Å². The zero-order valence-electron chi connectivity index (χ0n) is 11.0. The van der Waals surface area contributed by atoms with Crippen molar-refractivity contribution in [2.75, 3.05) is 0 Å². The largest absolute Gasteiger partial charge is 0.441 e. The topological polar surface area (TPSA) is 52.0 Å². The summed E-state index contributed by atoms with van der Waals surface area (Å²) < 4.78 is 18.5. The third-order valence-corrected chi connectivity index (χ3v) is 2.71. The molecule has 0 fully saturated rings. The first kappa shape index (κ1) is 13.0. The third-order valence-electron chi connectivity index (χ3n) is 2.71. The van der Waals surface area contributed by atoms with Crippen molar-refractivity contribution in [3.8, 4) is 0 Å². The summed E-state index contributed by atoms with van der Waals surface area (Å²) in [6.45, 7) is 6.44. The zero-order chi connectivity index (χ0) is 13.3. The lowest BCUT2D eigenvalue weighted by atomic mass is 9.87. The van der Waals surface area contributed by atoms with E-state index < -0.39 is 0 Å². The Labute approximate surface area is 106 Å². The van der Waals surface area contributed by atoms with E-state index in [1.165, 1.54) is 12.1 Å². The van der Waals surface area contributed by atoms with Gasteiger partial charge in [0.15, 0.2) is 11.5 Å². The minimum Gasteiger partial charge on any atom is -0.441 e. The standard InChI is InChI=1S/C14H19FN2O/c1-14(2,3)8-10(16)7-13-17-11-5-4-9(15)6-12(11)18-13/h4-6,10H,7-8,16H2,1-3H3. The molecule has 0 aliphatic heterocycles.